The Morgan fingerprint density at radius 2 is 2.14 bits per heavy atom. The zero-order chi connectivity index (χ0) is 29.0. The van der Waals surface area contributed by atoms with Crippen LogP contribution in [0.4, 0.5) is 4.39 Å². The minimum atomic E-state index is -1.36. The van der Waals surface area contributed by atoms with E-state index in [1.807, 2.05) is 28.8 Å². The lowest BCUT2D eigenvalue weighted by molar-refractivity contribution is -0.0708. The number of aromatic carboxylic acids is 1. The fourth-order valence-electron chi connectivity index (χ4n) is 5.63. The van der Waals surface area contributed by atoms with Crippen molar-refractivity contribution < 1.29 is 28.5 Å². The summed E-state index contributed by atoms with van der Waals surface area (Å²) in [5.41, 5.74) is 3.05. The number of halogens is 1. The van der Waals surface area contributed by atoms with Gasteiger partial charge in [0.05, 0.1) is 36.4 Å². The molecule has 1 fully saturated rings. The molecule has 2 atom stereocenters. The first kappa shape index (κ1) is 26.6. The number of aromatic nitrogens is 3. The van der Waals surface area contributed by atoms with Gasteiger partial charge in [0.15, 0.2) is 22.0 Å². The zero-order valence-electron chi connectivity index (χ0n) is 22.7. The van der Waals surface area contributed by atoms with E-state index < -0.39 is 17.6 Å². The van der Waals surface area contributed by atoms with Crippen LogP contribution in [-0.4, -0.2) is 56.3 Å². The molecule has 1 saturated heterocycles. The Morgan fingerprint density at radius 3 is 2.83 bits per heavy atom. The standard InChI is InChI=1S/C30H26FN5O5S/c1-30(21-6-5-17(14-32)13-22(21)31)40-23-4-2-3-20(25(23)41-30)18-7-10-35(11-8-18)16-24-33-27-26(34-28(42-27)29(37)38)36(24)15-19-9-12-39-19/h2-7,13,19H,8-12,15-16H2,1H3,(H,37,38)/t19-,30+/m0/s1. The van der Waals surface area contributed by atoms with Crippen molar-refractivity contribution in [2.45, 2.75) is 44.7 Å². The number of benzene rings is 2. The van der Waals surface area contributed by atoms with Gasteiger partial charge in [-0.05, 0) is 42.7 Å². The molecule has 3 aliphatic heterocycles. The number of nitrogens with zero attached hydrogens (tertiary/aromatic N) is 5. The summed E-state index contributed by atoms with van der Waals surface area (Å²) < 4.78 is 34.9. The molecule has 42 heavy (non-hydrogen) atoms. The van der Waals surface area contributed by atoms with Crippen molar-refractivity contribution in [2.24, 2.45) is 0 Å². The summed E-state index contributed by atoms with van der Waals surface area (Å²) in [6.45, 7) is 5.03. The number of nitriles is 1. The minimum Gasteiger partial charge on any atom is -0.476 e. The number of imidazole rings is 1. The lowest BCUT2D eigenvalue weighted by Gasteiger charge is -2.29. The monoisotopic (exact) mass is 587 g/mol. The number of ether oxygens (including phenoxy) is 3. The van der Waals surface area contributed by atoms with Gasteiger partial charge in [0, 0.05) is 32.2 Å². The topological polar surface area (TPSA) is 123 Å². The zero-order valence-corrected chi connectivity index (χ0v) is 23.5. The fraction of sp³-hybridized carbons (Fsp3) is 0.333. The molecular formula is C30H26FN5O5S. The first-order valence-corrected chi connectivity index (χ1v) is 14.5. The van der Waals surface area contributed by atoms with Gasteiger partial charge in [-0.1, -0.05) is 29.5 Å². The average molecular weight is 588 g/mol. The molecule has 2 aromatic carbocycles. The van der Waals surface area contributed by atoms with Crippen molar-refractivity contribution in [3.05, 3.63) is 75.8 Å². The SMILES string of the molecule is C[C@@]1(c2ccc(C#N)cc2F)Oc2cccc(C3=CCN(Cc4nc5sc(C(=O)O)nc5n4C[C@@H]4CCO4)CC3)c2O1. The summed E-state index contributed by atoms with van der Waals surface area (Å²) >= 11 is 1.09. The Hall–Kier alpha value is -4.31. The van der Waals surface area contributed by atoms with Crippen molar-refractivity contribution in [1.29, 1.82) is 5.26 Å². The van der Waals surface area contributed by atoms with Crippen molar-refractivity contribution in [3.63, 3.8) is 0 Å². The molecule has 10 nitrogen and oxygen atoms in total. The van der Waals surface area contributed by atoms with Gasteiger partial charge in [0.25, 0.3) is 5.79 Å². The molecule has 214 valence electrons. The molecule has 2 aromatic heterocycles. The summed E-state index contributed by atoms with van der Waals surface area (Å²) in [4.78, 5) is 23.5. The Morgan fingerprint density at radius 1 is 1.29 bits per heavy atom. The van der Waals surface area contributed by atoms with Crippen LogP contribution in [0.25, 0.3) is 16.1 Å². The second-order valence-corrected chi connectivity index (χ2v) is 11.7. The fourth-order valence-corrected chi connectivity index (χ4v) is 6.43. The van der Waals surface area contributed by atoms with Gasteiger partial charge in [0.2, 0.25) is 5.01 Å². The van der Waals surface area contributed by atoms with E-state index in [4.69, 9.17) is 24.5 Å². The highest BCUT2D eigenvalue weighted by molar-refractivity contribution is 7.19. The van der Waals surface area contributed by atoms with Crippen LogP contribution in [0, 0.1) is 17.1 Å². The third-order valence-corrected chi connectivity index (χ3v) is 8.85. The maximum atomic E-state index is 14.9. The average Bonchev–Trinajstić information content (AvgIpc) is 3.62. The second-order valence-electron chi connectivity index (χ2n) is 10.7. The number of rotatable bonds is 7. The molecule has 0 radical (unpaired) electrons. The van der Waals surface area contributed by atoms with Crippen LogP contribution >= 0.6 is 11.3 Å². The molecule has 0 amide bonds. The highest BCUT2D eigenvalue weighted by Gasteiger charge is 2.42. The number of carboxylic acid groups (broad SMARTS) is 1. The number of carboxylic acids is 1. The summed E-state index contributed by atoms with van der Waals surface area (Å²) in [6, 6.07) is 11.9. The number of hydrogen-bond donors (Lipinski definition) is 1. The number of carbonyl (C=O) groups is 1. The van der Waals surface area contributed by atoms with Crippen LogP contribution in [0.2, 0.25) is 0 Å². The Balaban J connectivity index is 1.10. The molecule has 0 saturated carbocycles. The predicted molar refractivity (Wildman–Crippen MR) is 151 cm³/mol. The van der Waals surface area contributed by atoms with Gasteiger partial charge in [-0.15, -0.1) is 0 Å². The summed E-state index contributed by atoms with van der Waals surface area (Å²) in [5.74, 6) is -1.03. The minimum absolute atomic E-state index is 0.0347. The Kier molecular flexibility index (Phi) is 6.46. The van der Waals surface area contributed by atoms with E-state index in [0.29, 0.717) is 41.6 Å². The molecule has 12 heteroatoms. The number of thiazole rings is 1. The van der Waals surface area contributed by atoms with Crippen LogP contribution in [0.15, 0.2) is 42.5 Å². The maximum absolute atomic E-state index is 14.9. The predicted octanol–water partition coefficient (Wildman–Crippen LogP) is 4.92. The van der Waals surface area contributed by atoms with Crippen molar-refractivity contribution >= 4 is 33.4 Å². The molecule has 0 spiro atoms. The first-order valence-electron chi connectivity index (χ1n) is 13.6. The van der Waals surface area contributed by atoms with Gasteiger partial charge in [-0.3, -0.25) is 4.90 Å². The molecule has 5 heterocycles. The Labute approximate surface area is 244 Å². The number of hydrogen-bond acceptors (Lipinski definition) is 9. The quantitative estimate of drug-likeness (QED) is 0.321. The van der Waals surface area contributed by atoms with Gasteiger partial charge in [-0.25, -0.2) is 19.2 Å². The first-order chi connectivity index (χ1) is 20.3. The number of para-hydroxylation sites is 1. The normalized spacial score (nSPS) is 21.6. The molecule has 0 bridgehead atoms. The highest BCUT2D eigenvalue weighted by atomic mass is 32.1. The van der Waals surface area contributed by atoms with E-state index in [-0.39, 0.29) is 22.2 Å². The van der Waals surface area contributed by atoms with Crippen LogP contribution < -0.4 is 9.47 Å². The lowest BCUT2D eigenvalue weighted by Crippen LogP contribution is -2.34. The smallest absolute Gasteiger partial charge is 0.365 e. The molecular weight excluding hydrogens is 561 g/mol. The largest absolute Gasteiger partial charge is 0.476 e. The molecule has 3 aliphatic rings. The second kappa shape index (κ2) is 10.2. The number of fused-ring (bicyclic) bond motifs is 2. The molecule has 0 unspecified atom stereocenters. The molecule has 4 aromatic rings. The highest BCUT2D eigenvalue weighted by Crippen LogP contribution is 2.49. The van der Waals surface area contributed by atoms with Gasteiger partial charge >= 0.3 is 5.97 Å². The van der Waals surface area contributed by atoms with Crippen LogP contribution in [0.5, 0.6) is 11.5 Å². The van der Waals surface area contributed by atoms with E-state index in [9.17, 15) is 14.3 Å². The van der Waals surface area contributed by atoms with Crippen molar-refractivity contribution in [2.75, 3.05) is 19.7 Å². The molecule has 0 aliphatic carbocycles. The van der Waals surface area contributed by atoms with E-state index in [1.54, 1.807) is 13.0 Å². The van der Waals surface area contributed by atoms with Crippen molar-refractivity contribution in [3.8, 4) is 17.6 Å². The van der Waals surface area contributed by atoms with Crippen LogP contribution in [-0.2, 0) is 23.6 Å². The third-order valence-electron chi connectivity index (χ3n) is 7.92. The van der Waals surface area contributed by atoms with E-state index in [1.165, 1.54) is 12.1 Å². The van der Waals surface area contributed by atoms with E-state index in [2.05, 4.69) is 16.0 Å². The van der Waals surface area contributed by atoms with E-state index in [0.717, 1.165) is 54.3 Å². The van der Waals surface area contributed by atoms with Crippen molar-refractivity contribution in [1.82, 2.24) is 19.4 Å². The van der Waals surface area contributed by atoms with E-state index >= 15 is 0 Å². The lowest BCUT2D eigenvalue weighted by atomic mass is 9.98. The van der Waals surface area contributed by atoms with Crippen LogP contribution in [0.1, 0.15) is 52.1 Å². The summed E-state index contributed by atoms with van der Waals surface area (Å²) in [6.07, 6.45) is 3.94. The summed E-state index contributed by atoms with van der Waals surface area (Å²) in [5, 5.41) is 18.5. The third kappa shape index (κ3) is 4.59. The van der Waals surface area contributed by atoms with Gasteiger partial charge in [-0.2, -0.15) is 5.26 Å². The maximum Gasteiger partial charge on any atom is 0.365 e. The Bertz CT molecular complexity index is 1810. The van der Waals surface area contributed by atoms with Gasteiger partial charge in [0.1, 0.15) is 11.6 Å². The molecule has 7 rings (SSSR count). The van der Waals surface area contributed by atoms with Gasteiger partial charge < -0.3 is 23.9 Å². The van der Waals surface area contributed by atoms with Crippen LogP contribution in [0.3, 0.4) is 0 Å². The molecule has 1 N–H and O–H groups in total. The summed E-state index contributed by atoms with van der Waals surface area (Å²) in [7, 11) is 0.